The van der Waals surface area contributed by atoms with Crippen LogP contribution in [0.4, 0.5) is 0 Å². The van der Waals surface area contributed by atoms with Crippen LogP contribution in [0, 0.1) is 0 Å². The van der Waals surface area contributed by atoms with Crippen molar-refractivity contribution in [1.82, 2.24) is 5.32 Å². The monoisotopic (exact) mass is 283 g/mol. The fourth-order valence-corrected chi connectivity index (χ4v) is 2.86. The van der Waals surface area contributed by atoms with Gasteiger partial charge in [0.2, 0.25) is 0 Å². The minimum absolute atomic E-state index is 0.133. The van der Waals surface area contributed by atoms with Gasteiger partial charge in [-0.3, -0.25) is 0 Å². The van der Waals surface area contributed by atoms with E-state index in [1.165, 1.54) is 6.26 Å². The van der Waals surface area contributed by atoms with E-state index in [1.54, 1.807) is 12.1 Å². The van der Waals surface area contributed by atoms with Crippen molar-refractivity contribution in [3.8, 4) is 5.75 Å². The van der Waals surface area contributed by atoms with Crippen molar-refractivity contribution in [2.45, 2.75) is 37.2 Å². The van der Waals surface area contributed by atoms with Crippen LogP contribution in [0.5, 0.6) is 5.75 Å². The Morgan fingerprint density at radius 1 is 1.42 bits per heavy atom. The van der Waals surface area contributed by atoms with Gasteiger partial charge in [0.05, 0.1) is 4.90 Å². The van der Waals surface area contributed by atoms with Gasteiger partial charge in [-0.1, -0.05) is 13.0 Å². The highest BCUT2D eigenvalue weighted by molar-refractivity contribution is 7.90. The van der Waals surface area contributed by atoms with Gasteiger partial charge in [0.15, 0.2) is 9.84 Å². The number of fused-ring (bicyclic) bond motifs is 1. The Balaban J connectivity index is 2.10. The summed E-state index contributed by atoms with van der Waals surface area (Å²) in [6.45, 7) is 3.93. The fourth-order valence-electron chi connectivity index (χ4n) is 2.22. The van der Waals surface area contributed by atoms with Crippen molar-refractivity contribution in [1.29, 1.82) is 0 Å². The molecule has 0 saturated heterocycles. The molecule has 1 aromatic rings. The summed E-state index contributed by atoms with van der Waals surface area (Å²) in [4.78, 5) is 0.327. The standard InChI is InChI=1S/C14H21NO3S/c1-3-8-15-10-12-6-4-11-5-7-13(19(2,16)17)9-14(11)18-12/h5,7,9,12,15H,3-4,6,8,10H2,1-2H3. The third kappa shape index (κ3) is 3.70. The highest BCUT2D eigenvalue weighted by Gasteiger charge is 2.21. The fraction of sp³-hybridized carbons (Fsp3) is 0.571. The first-order valence-electron chi connectivity index (χ1n) is 6.71. The van der Waals surface area contributed by atoms with E-state index >= 15 is 0 Å². The molecule has 0 spiro atoms. The van der Waals surface area contributed by atoms with E-state index in [0.717, 1.165) is 43.7 Å². The molecule has 1 aromatic carbocycles. The molecular weight excluding hydrogens is 262 g/mol. The summed E-state index contributed by atoms with van der Waals surface area (Å²) in [5.74, 6) is 0.720. The van der Waals surface area contributed by atoms with Crippen molar-refractivity contribution in [3.05, 3.63) is 23.8 Å². The van der Waals surface area contributed by atoms with Crippen LogP contribution in [-0.2, 0) is 16.3 Å². The molecule has 1 aliphatic rings. The van der Waals surface area contributed by atoms with Gasteiger partial charge in [-0.05, 0) is 43.5 Å². The van der Waals surface area contributed by atoms with Crippen molar-refractivity contribution < 1.29 is 13.2 Å². The number of rotatable bonds is 5. The molecule has 1 atom stereocenters. The molecule has 0 radical (unpaired) electrons. The Kier molecular flexibility index (Phi) is 4.47. The molecule has 1 aliphatic heterocycles. The molecule has 5 heteroatoms. The quantitative estimate of drug-likeness (QED) is 0.837. The number of hydrogen-bond acceptors (Lipinski definition) is 4. The number of aryl methyl sites for hydroxylation is 1. The van der Waals surface area contributed by atoms with Crippen LogP contribution in [0.1, 0.15) is 25.3 Å². The SMILES string of the molecule is CCCNCC1CCc2ccc(S(C)(=O)=O)cc2O1. The van der Waals surface area contributed by atoms with Crippen LogP contribution in [0.2, 0.25) is 0 Å². The Morgan fingerprint density at radius 2 is 2.21 bits per heavy atom. The molecule has 1 unspecified atom stereocenters. The van der Waals surface area contributed by atoms with E-state index in [0.29, 0.717) is 4.90 Å². The molecule has 106 valence electrons. The lowest BCUT2D eigenvalue weighted by Gasteiger charge is -2.26. The third-order valence-corrected chi connectivity index (χ3v) is 4.41. The van der Waals surface area contributed by atoms with Crippen LogP contribution in [0.3, 0.4) is 0 Å². The molecule has 0 fully saturated rings. The Hall–Kier alpha value is -1.07. The molecule has 0 saturated carbocycles. The number of hydrogen-bond donors (Lipinski definition) is 1. The lowest BCUT2D eigenvalue weighted by Crippen LogP contribution is -2.34. The molecule has 19 heavy (non-hydrogen) atoms. The zero-order chi connectivity index (χ0) is 13.9. The van der Waals surface area contributed by atoms with E-state index in [2.05, 4.69) is 12.2 Å². The average Bonchev–Trinajstić information content (AvgIpc) is 2.37. The highest BCUT2D eigenvalue weighted by atomic mass is 32.2. The Labute approximate surface area is 115 Å². The molecule has 1 heterocycles. The first-order valence-corrected chi connectivity index (χ1v) is 8.60. The topological polar surface area (TPSA) is 55.4 Å². The first-order chi connectivity index (χ1) is 9.00. The largest absolute Gasteiger partial charge is 0.489 e. The predicted octanol–water partition coefficient (Wildman–Crippen LogP) is 1.78. The Bertz CT molecular complexity index is 540. The van der Waals surface area contributed by atoms with Crippen molar-refractivity contribution in [2.24, 2.45) is 0 Å². The average molecular weight is 283 g/mol. The van der Waals surface area contributed by atoms with Crippen LogP contribution >= 0.6 is 0 Å². The molecule has 0 bridgehead atoms. The van der Waals surface area contributed by atoms with Crippen molar-refractivity contribution >= 4 is 9.84 Å². The van der Waals surface area contributed by atoms with Crippen LogP contribution in [-0.4, -0.2) is 33.9 Å². The van der Waals surface area contributed by atoms with E-state index in [1.807, 2.05) is 6.07 Å². The van der Waals surface area contributed by atoms with Crippen LogP contribution in [0.15, 0.2) is 23.1 Å². The van der Waals surface area contributed by atoms with E-state index in [4.69, 9.17) is 4.74 Å². The molecule has 1 N–H and O–H groups in total. The maximum absolute atomic E-state index is 11.5. The van der Waals surface area contributed by atoms with Gasteiger partial charge in [-0.15, -0.1) is 0 Å². The predicted molar refractivity (Wildman–Crippen MR) is 75.4 cm³/mol. The van der Waals surface area contributed by atoms with Gasteiger partial charge in [-0.2, -0.15) is 0 Å². The van der Waals surface area contributed by atoms with E-state index < -0.39 is 9.84 Å². The zero-order valence-corrected chi connectivity index (χ0v) is 12.3. The van der Waals surface area contributed by atoms with Crippen LogP contribution in [0.25, 0.3) is 0 Å². The highest BCUT2D eigenvalue weighted by Crippen LogP contribution is 2.29. The summed E-state index contributed by atoms with van der Waals surface area (Å²) in [5, 5.41) is 3.34. The van der Waals surface area contributed by atoms with E-state index in [-0.39, 0.29) is 6.10 Å². The number of benzene rings is 1. The molecule has 0 aliphatic carbocycles. The maximum atomic E-state index is 11.5. The minimum atomic E-state index is -3.17. The first kappa shape index (κ1) is 14.3. The summed E-state index contributed by atoms with van der Waals surface area (Å²) < 4.78 is 29.0. The molecule has 0 amide bonds. The molecule has 2 rings (SSSR count). The second kappa shape index (κ2) is 5.92. The smallest absolute Gasteiger partial charge is 0.175 e. The third-order valence-electron chi connectivity index (χ3n) is 3.29. The van der Waals surface area contributed by atoms with Gasteiger partial charge in [0.1, 0.15) is 11.9 Å². The summed E-state index contributed by atoms with van der Waals surface area (Å²) in [6.07, 6.45) is 4.37. The van der Waals surface area contributed by atoms with Crippen molar-refractivity contribution in [3.63, 3.8) is 0 Å². The normalized spacial score (nSPS) is 18.7. The van der Waals surface area contributed by atoms with Gasteiger partial charge in [0.25, 0.3) is 0 Å². The van der Waals surface area contributed by atoms with E-state index in [9.17, 15) is 8.42 Å². The molecule has 4 nitrogen and oxygen atoms in total. The van der Waals surface area contributed by atoms with Gasteiger partial charge in [-0.25, -0.2) is 8.42 Å². The summed E-state index contributed by atoms with van der Waals surface area (Å²) in [5.41, 5.74) is 1.10. The zero-order valence-electron chi connectivity index (χ0n) is 11.5. The maximum Gasteiger partial charge on any atom is 0.175 e. The summed E-state index contributed by atoms with van der Waals surface area (Å²) in [6, 6.07) is 5.17. The molecule has 0 aromatic heterocycles. The van der Waals surface area contributed by atoms with Crippen molar-refractivity contribution in [2.75, 3.05) is 19.3 Å². The van der Waals surface area contributed by atoms with Gasteiger partial charge >= 0.3 is 0 Å². The number of nitrogens with one attached hydrogen (secondary N) is 1. The lowest BCUT2D eigenvalue weighted by molar-refractivity contribution is 0.170. The summed E-state index contributed by atoms with van der Waals surface area (Å²) in [7, 11) is -3.17. The molecular formula is C14H21NO3S. The minimum Gasteiger partial charge on any atom is -0.489 e. The number of sulfone groups is 1. The second-order valence-electron chi connectivity index (χ2n) is 5.02. The number of ether oxygens (including phenoxy) is 1. The Morgan fingerprint density at radius 3 is 2.89 bits per heavy atom. The summed E-state index contributed by atoms with van der Waals surface area (Å²) >= 11 is 0. The second-order valence-corrected chi connectivity index (χ2v) is 7.04. The lowest BCUT2D eigenvalue weighted by atomic mass is 10.0. The van der Waals surface area contributed by atoms with Gasteiger partial charge < -0.3 is 10.1 Å². The van der Waals surface area contributed by atoms with Crippen LogP contribution < -0.4 is 10.1 Å². The van der Waals surface area contributed by atoms with Gasteiger partial charge in [0, 0.05) is 12.8 Å².